The third-order valence-electron chi connectivity index (χ3n) is 4.81. The molecule has 0 unspecified atom stereocenters. The Bertz CT molecular complexity index is 612. The summed E-state index contributed by atoms with van der Waals surface area (Å²) in [6.45, 7) is 4.30. The normalized spacial score (nSPS) is 26.0. The molecule has 0 saturated heterocycles. The van der Waals surface area contributed by atoms with Gasteiger partial charge in [-0.2, -0.15) is 4.98 Å². The number of aromatic nitrogens is 2. The van der Waals surface area contributed by atoms with E-state index in [4.69, 9.17) is 10.3 Å². The van der Waals surface area contributed by atoms with E-state index in [1.807, 2.05) is 18.2 Å². The van der Waals surface area contributed by atoms with Crippen LogP contribution in [-0.4, -0.2) is 10.1 Å². The lowest BCUT2D eigenvalue weighted by molar-refractivity contribution is 0.181. The van der Waals surface area contributed by atoms with Crippen LogP contribution in [-0.2, 0) is 5.54 Å². The van der Waals surface area contributed by atoms with E-state index < -0.39 is 5.54 Å². The molecule has 1 aromatic heterocycles. The average Bonchev–Trinajstić information content (AvgIpc) is 2.99. The van der Waals surface area contributed by atoms with Gasteiger partial charge >= 0.3 is 0 Å². The van der Waals surface area contributed by atoms with Gasteiger partial charge in [0.25, 0.3) is 0 Å². The van der Waals surface area contributed by atoms with Crippen molar-refractivity contribution in [2.45, 2.75) is 51.5 Å². The fourth-order valence-corrected chi connectivity index (χ4v) is 3.17. The molecule has 112 valence electrons. The average molecular weight is 285 g/mol. The third-order valence-corrected chi connectivity index (χ3v) is 4.81. The van der Waals surface area contributed by atoms with E-state index in [2.05, 4.69) is 30.1 Å². The number of nitrogens with zero attached hydrogens (tertiary/aromatic N) is 2. The summed E-state index contributed by atoms with van der Waals surface area (Å²) < 4.78 is 5.50. The van der Waals surface area contributed by atoms with Crippen LogP contribution in [0, 0.1) is 12.8 Å². The van der Waals surface area contributed by atoms with Gasteiger partial charge in [0, 0.05) is 5.56 Å². The first-order chi connectivity index (χ1) is 10.1. The maximum Gasteiger partial charge on any atom is 0.247 e. The Balaban J connectivity index is 1.84. The second kappa shape index (κ2) is 5.60. The summed E-state index contributed by atoms with van der Waals surface area (Å²) in [6.07, 6.45) is 5.39. The van der Waals surface area contributed by atoms with Gasteiger partial charge in [0.15, 0.2) is 0 Å². The van der Waals surface area contributed by atoms with Gasteiger partial charge in [0.2, 0.25) is 11.7 Å². The van der Waals surface area contributed by atoms with Gasteiger partial charge < -0.3 is 10.3 Å². The number of rotatable bonds is 3. The molecule has 0 spiro atoms. The Kier molecular flexibility index (Phi) is 3.81. The summed E-state index contributed by atoms with van der Waals surface area (Å²) in [5, 5.41) is 4.14. The van der Waals surface area contributed by atoms with Crippen molar-refractivity contribution in [1.29, 1.82) is 0 Å². The minimum atomic E-state index is -0.445. The fourth-order valence-electron chi connectivity index (χ4n) is 3.17. The van der Waals surface area contributed by atoms with Crippen LogP contribution in [0.2, 0.25) is 0 Å². The largest absolute Gasteiger partial charge is 0.337 e. The minimum absolute atomic E-state index is 0.445. The van der Waals surface area contributed by atoms with E-state index in [1.54, 1.807) is 0 Å². The van der Waals surface area contributed by atoms with Crippen LogP contribution in [0.5, 0.6) is 0 Å². The highest BCUT2D eigenvalue weighted by Crippen LogP contribution is 2.38. The molecule has 3 rings (SSSR count). The number of hydrogen-bond donors (Lipinski definition) is 1. The quantitative estimate of drug-likeness (QED) is 0.931. The predicted octanol–water partition coefficient (Wildman–Crippen LogP) is 3.80. The molecule has 2 N–H and O–H groups in total. The minimum Gasteiger partial charge on any atom is -0.337 e. The number of nitrogens with two attached hydrogens (primary N) is 1. The zero-order valence-electron chi connectivity index (χ0n) is 12.8. The maximum atomic E-state index is 6.53. The summed E-state index contributed by atoms with van der Waals surface area (Å²) >= 11 is 0. The highest BCUT2D eigenvalue weighted by Gasteiger charge is 2.37. The molecule has 0 amide bonds. The molecule has 1 heterocycles. The van der Waals surface area contributed by atoms with Crippen molar-refractivity contribution in [3.8, 4) is 11.4 Å². The van der Waals surface area contributed by atoms with Crippen LogP contribution in [0.15, 0.2) is 28.8 Å². The molecule has 0 aliphatic heterocycles. The van der Waals surface area contributed by atoms with Gasteiger partial charge in [-0.05, 0) is 44.1 Å². The molecule has 0 radical (unpaired) electrons. The first-order valence-corrected chi connectivity index (χ1v) is 7.81. The summed E-state index contributed by atoms with van der Waals surface area (Å²) in [5.41, 5.74) is 8.24. The smallest absolute Gasteiger partial charge is 0.247 e. The monoisotopic (exact) mass is 285 g/mol. The number of aryl methyl sites for hydroxylation is 1. The van der Waals surface area contributed by atoms with Gasteiger partial charge in [-0.3, -0.25) is 0 Å². The van der Waals surface area contributed by atoms with Crippen molar-refractivity contribution in [1.82, 2.24) is 10.1 Å². The zero-order valence-corrected chi connectivity index (χ0v) is 12.8. The Morgan fingerprint density at radius 3 is 2.67 bits per heavy atom. The number of hydrogen-bond acceptors (Lipinski definition) is 4. The van der Waals surface area contributed by atoms with E-state index in [0.29, 0.717) is 11.7 Å². The molecule has 1 aliphatic rings. The zero-order chi connectivity index (χ0) is 14.9. The third kappa shape index (κ3) is 2.72. The first kappa shape index (κ1) is 14.3. The summed E-state index contributed by atoms with van der Waals surface area (Å²) in [7, 11) is 0. The molecule has 21 heavy (non-hydrogen) atoms. The Labute approximate surface area is 125 Å². The Morgan fingerprint density at radius 2 is 2.00 bits per heavy atom. The lowest BCUT2D eigenvalue weighted by atomic mass is 9.76. The van der Waals surface area contributed by atoms with Crippen LogP contribution in [0.3, 0.4) is 0 Å². The van der Waals surface area contributed by atoms with Crippen LogP contribution < -0.4 is 5.73 Å². The van der Waals surface area contributed by atoms with Crippen molar-refractivity contribution in [2.24, 2.45) is 11.7 Å². The topological polar surface area (TPSA) is 64.9 Å². The summed E-state index contributed by atoms with van der Waals surface area (Å²) in [4.78, 5) is 4.58. The first-order valence-electron chi connectivity index (χ1n) is 7.81. The Morgan fingerprint density at radius 1 is 1.29 bits per heavy atom. The SMILES string of the molecule is CCC1CCC(N)(c2nc(-c3ccccc3C)no2)CC1. The van der Waals surface area contributed by atoms with E-state index in [0.717, 1.165) is 42.7 Å². The van der Waals surface area contributed by atoms with E-state index >= 15 is 0 Å². The molecule has 0 atom stereocenters. The van der Waals surface area contributed by atoms with Gasteiger partial charge in [-0.15, -0.1) is 0 Å². The van der Waals surface area contributed by atoms with Crippen molar-refractivity contribution >= 4 is 0 Å². The Hall–Kier alpha value is -1.68. The standard InChI is InChI=1S/C17H23N3O/c1-3-13-8-10-17(18,11-9-13)16-19-15(20-21-16)14-7-5-4-6-12(14)2/h4-7,13H,3,8-11,18H2,1-2H3. The maximum absolute atomic E-state index is 6.53. The fraction of sp³-hybridized carbons (Fsp3) is 0.529. The van der Waals surface area contributed by atoms with Crippen LogP contribution in [0.25, 0.3) is 11.4 Å². The summed E-state index contributed by atoms with van der Waals surface area (Å²) in [6, 6.07) is 8.07. The van der Waals surface area contributed by atoms with Crippen molar-refractivity contribution in [3.05, 3.63) is 35.7 Å². The molecule has 0 bridgehead atoms. The van der Waals surface area contributed by atoms with E-state index in [1.165, 1.54) is 6.42 Å². The van der Waals surface area contributed by atoms with Crippen LogP contribution >= 0.6 is 0 Å². The van der Waals surface area contributed by atoms with E-state index in [9.17, 15) is 0 Å². The molecule has 1 saturated carbocycles. The van der Waals surface area contributed by atoms with Gasteiger partial charge in [-0.25, -0.2) is 0 Å². The van der Waals surface area contributed by atoms with E-state index in [-0.39, 0.29) is 0 Å². The van der Waals surface area contributed by atoms with Crippen molar-refractivity contribution < 1.29 is 4.52 Å². The lowest BCUT2D eigenvalue weighted by Crippen LogP contribution is -2.40. The second-order valence-corrected chi connectivity index (χ2v) is 6.25. The molecular weight excluding hydrogens is 262 g/mol. The molecule has 4 nitrogen and oxygen atoms in total. The second-order valence-electron chi connectivity index (χ2n) is 6.25. The van der Waals surface area contributed by atoms with Crippen LogP contribution in [0.1, 0.15) is 50.5 Å². The van der Waals surface area contributed by atoms with Crippen LogP contribution in [0.4, 0.5) is 0 Å². The number of benzene rings is 1. The van der Waals surface area contributed by atoms with Gasteiger partial charge in [0.05, 0.1) is 5.54 Å². The van der Waals surface area contributed by atoms with Crippen molar-refractivity contribution in [2.75, 3.05) is 0 Å². The van der Waals surface area contributed by atoms with Crippen molar-refractivity contribution in [3.63, 3.8) is 0 Å². The molecule has 1 aliphatic carbocycles. The molecule has 4 heteroatoms. The highest BCUT2D eigenvalue weighted by atomic mass is 16.5. The molecular formula is C17H23N3O. The molecule has 1 aromatic carbocycles. The molecule has 2 aromatic rings. The molecule has 1 fully saturated rings. The van der Waals surface area contributed by atoms with Gasteiger partial charge in [0.1, 0.15) is 0 Å². The predicted molar refractivity (Wildman–Crippen MR) is 82.6 cm³/mol. The highest BCUT2D eigenvalue weighted by molar-refractivity contribution is 5.59. The van der Waals surface area contributed by atoms with Gasteiger partial charge in [-0.1, -0.05) is 42.8 Å². The lowest BCUT2D eigenvalue weighted by Gasteiger charge is -2.33. The summed E-state index contributed by atoms with van der Waals surface area (Å²) in [5.74, 6) is 2.03.